The highest BCUT2D eigenvalue weighted by molar-refractivity contribution is 7.89. The fourth-order valence-corrected chi connectivity index (χ4v) is 5.73. The van der Waals surface area contributed by atoms with Crippen LogP contribution in [0.1, 0.15) is 32.1 Å². The summed E-state index contributed by atoms with van der Waals surface area (Å²) in [6.07, 6.45) is 5.19. The average Bonchev–Trinajstić information content (AvgIpc) is 2.79. The van der Waals surface area contributed by atoms with E-state index in [4.69, 9.17) is 4.74 Å². The van der Waals surface area contributed by atoms with Crippen LogP contribution in [0.3, 0.4) is 0 Å². The van der Waals surface area contributed by atoms with Crippen LogP contribution in [0.4, 0.5) is 5.69 Å². The first-order valence-corrected chi connectivity index (χ1v) is 12.7. The number of amides is 1. The van der Waals surface area contributed by atoms with Crippen molar-refractivity contribution in [2.75, 3.05) is 65.3 Å². The molecule has 2 aliphatic rings. The van der Waals surface area contributed by atoms with Crippen molar-refractivity contribution in [2.24, 2.45) is 0 Å². The number of nitrogens with one attached hydrogen (secondary N) is 1. The van der Waals surface area contributed by atoms with Crippen LogP contribution in [0, 0.1) is 0 Å². The van der Waals surface area contributed by atoms with Gasteiger partial charge in [0.15, 0.2) is 0 Å². The number of ether oxygens (including phenoxy) is 1. The van der Waals surface area contributed by atoms with Crippen molar-refractivity contribution in [3.05, 3.63) is 24.3 Å². The summed E-state index contributed by atoms with van der Waals surface area (Å²) in [7, 11) is -0.137. The van der Waals surface area contributed by atoms with Gasteiger partial charge in [0.25, 0.3) is 0 Å². The molecule has 9 heteroatoms. The van der Waals surface area contributed by atoms with Crippen molar-refractivity contribution in [2.45, 2.75) is 43.0 Å². The van der Waals surface area contributed by atoms with Crippen LogP contribution in [0.2, 0.25) is 0 Å². The van der Waals surface area contributed by atoms with Crippen LogP contribution >= 0.6 is 0 Å². The number of carbonyl (C=O) groups is 1. The predicted molar refractivity (Wildman–Crippen MR) is 122 cm³/mol. The number of carbonyl (C=O) groups excluding carboxylic acids is 1. The van der Waals surface area contributed by atoms with E-state index in [1.54, 1.807) is 38.4 Å². The molecule has 3 rings (SSSR count). The van der Waals surface area contributed by atoms with E-state index in [0.717, 1.165) is 65.0 Å². The maximum absolute atomic E-state index is 12.9. The van der Waals surface area contributed by atoms with Crippen molar-refractivity contribution >= 4 is 21.6 Å². The number of rotatable bonds is 9. The molecule has 1 saturated heterocycles. The van der Waals surface area contributed by atoms with Crippen molar-refractivity contribution in [3.63, 3.8) is 0 Å². The molecule has 1 amide bonds. The summed E-state index contributed by atoms with van der Waals surface area (Å²) in [6, 6.07) is 6.58. The first-order chi connectivity index (χ1) is 14.9. The van der Waals surface area contributed by atoms with E-state index < -0.39 is 10.0 Å². The topological polar surface area (TPSA) is 82.2 Å². The molecule has 1 saturated carbocycles. The third kappa shape index (κ3) is 6.73. The molecule has 31 heavy (non-hydrogen) atoms. The Balaban J connectivity index is 1.49. The molecule has 1 heterocycles. The largest absolute Gasteiger partial charge is 0.383 e. The van der Waals surface area contributed by atoms with Gasteiger partial charge in [-0.3, -0.25) is 14.6 Å². The van der Waals surface area contributed by atoms with Crippen molar-refractivity contribution in [1.82, 2.24) is 14.1 Å². The van der Waals surface area contributed by atoms with E-state index in [0.29, 0.717) is 12.2 Å². The smallest absolute Gasteiger partial charge is 0.243 e. The molecule has 1 aliphatic carbocycles. The lowest BCUT2D eigenvalue weighted by Gasteiger charge is -2.34. The molecule has 2 fully saturated rings. The second-order valence-corrected chi connectivity index (χ2v) is 10.5. The Morgan fingerprint density at radius 2 is 1.68 bits per heavy atom. The second-order valence-electron chi connectivity index (χ2n) is 8.50. The summed E-state index contributed by atoms with van der Waals surface area (Å²) in [5.74, 6) is -0.0831. The molecule has 174 valence electrons. The second kappa shape index (κ2) is 11.4. The van der Waals surface area contributed by atoms with Gasteiger partial charge < -0.3 is 10.1 Å². The molecule has 1 aliphatic heterocycles. The van der Waals surface area contributed by atoms with Crippen LogP contribution < -0.4 is 5.32 Å². The number of methoxy groups -OCH3 is 1. The zero-order valence-corrected chi connectivity index (χ0v) is 19.6. The molecule has 0 radical (unpaired) electrons. The molecule has 0 bridgehead atoms. The summed E-state index contributed by atoms with van der Waals surface area (Å²) in [5.41, 5.74) is 0.614. The number of hydrogen-bond acceptors (Lipinski definition) is 6. The number of piperazine rings is 1. The Morgan fingerprint density at radius 1 is 1.06 bits per heavy atom. The molecule has 1 aromatic rings. The minimum atomic E-state index is -3.52. The summed E-state index contributed by atoms with van der Waals surface area (Å²) in [6.45, 7) is 5.53. The summed E-state index contributed by atoms with van der Waals surface area (Å²) >= 11 is 0. The quantitative estimate of drug-likeness (QED) is 0.616. The zero-order chi connectivity index (χ0) is 22.3. The standard InChI is InChI=1S/C22H36N4O4S/c1-24(20-6-4-3-5-7-20)31(28,29)21-10-8-19(9-11-21)23-22(27)18-26-14-12-25(13-15-26)16-17-30-2/h8-11,20H,3-7,12-18H2,1-2H3,(H,23,27). The molecule has 0 unspecified atom stereocenters. The highest BCUT2D eigenvalue weighted by atomic mass is 32.2. The van der Waals surface area contributed by atoms with Crippen LogP contribution in [-0.2, 0) is 19.6 Å². The first kappa shape index (κ1) is 24.1. The molecule has 0 spiro atoms. The van der Waals surface area contributed by atoms with Gasteiger partial charge in [0.1, 0.15) is 0 Å². The molecular weight excluding hydrogens is 416 g/mol. The summed E-state index contributed by atoms with van der Waals surface area (Å²) in [5, 5.41) is 2.88. The Morgan fingerprint density at radius 3 is 2.29 bits per heavy atom. The van der Waals surface area contributed by atoms with Crippen LogP contribution in [0.25, 0.3) is 0 Å². The SMILES string of the molecule is COCCN1CCN(CC(=O)Nc2ccc(S(=O)(=O)N(C)C3CCCCC3)cc2)CC1. The molecule has 1 aromatic carbocycles. The lowest BCUT2D eigenvalue weighted by atomic mass is 9.96. The third-order valence-corrected chi connectivity index (χ3v) is 8.27. The van der Waals surface area contributed by atoms with E-state index in [9.17, 15) is 13.2 Å². The van der Waals surface area contributed by atoms with Crippen molar-refractivity contribution < 1.29 is 17.9 Å². The maximum atomic E-state index is 12.9. The van der Waals surface area contributed by atoms with E-state index in [-0.39, 0.29) is 16.8 Å². The molecule has 0 aromatic heterocycles. The van der Waals surface area contributed by atoms with E-state index in [2.05, 4.69) is 15.1 Å². The predicted octanol–water partition coefficient (Wildman–Crippen LogP) is 1.84. The van der Waals surface area contributed by atoms with Gasteiger partial charge in [0.2, 0.25) is 15.9 Å². The van der Waals surface area contributed by atoms with Crippen LogP contribution in [-0.4, -0.2) is 94.5 Å². The maximum Gasteiger partial charge on any atom is 0.243 e. The van der Waals surface area contributed by atoms with Gasteiger partial charge in [0, 0.05) is 58.6 Å². The Bertz CT molecular complexity index is 801. The molecule has 0 atom stereocenters. The highest BCUT2D eigenvalue weighted by Gasteiger charge is 2.29. The lowest BCUT2D eigenvalue weighted by molar-refractivity contribution is -0.117. The van der Waals surface area contributed by atoms with Crippen molar-refractivity contribution in [3.8, 4) is 0 Å². The molecular formula is C22H36N4O4S. The Kier molecular flexibility index (Phi) is 8.85. The molecule has 1 N–H and O–H groups in total. The fraction of sp³-hybridized carbons (Fsp3) is 0.682. The van der Waals surface area contributed by atoms with Gasteiger partial charge in [-0.15, -0.1) is 0 Å². The third-order valence-electron chi connectivity index (χ3n) is 6.35. The normalized spacial score (nSPS) is 19.6. The first-order valence-electron chi connectivity index (χ1n) is 11.2. The number of nitrogens with zero attached hydrogens (tertiary/aromatic N) is 3. The van der Waals surface area contributed by atoms with Crippen molar-refractivity contribution in [1.29, 1.82) is 0 Å². The fourth-order valence-electron chi connectivity index (χ4n) is 4.31. The molecule has 8 nitrogen and oxygen atoms in total. The van der Waals surface area contributed by atoms with Crippen LogP contribution in [0.15, 0.2) is 29.2 Å². The van der Waals surface area contributed by atoms with Gasteiger partial charge in [-0.25, -0.2) is 8.42 Å². The zero-order valence-electron chi connectivity index (χ0n) is 18.8. The number of anilines is 1. The van der Waals surface area contributed by atoms with E-state index in [1.807, 2.05) is 0 Å². The monoisotopic (exact) mass is 452 g/mol. The Hall–Kier alpha value is -1.52. The average molecular weight is 453 g/mol. The lowest BCUT2D eigenvalue weighted by Crippen LogP contribution is -2.49. The summed E-state index contributed by atoms with van der Waals surface area (Å²) in [4.78, 5) is 17.2. The van der Waals surface area contributed by atoms with E-state index in [1.165, 1.54) is 10.7 Å². The highest BCUT2D eigenvalue weighted by Crippen LogP contribution is 2.27. The summed E-state index contributed by atoms with van der Waals surface area (Å²) < 4.78 is 32.5. The van der Waals surface area contributed by atoms with Gasteiger partial charge in [-0.1, -0.05) is 19.3 Å². The number of sulfonamides is 1. The Labute approximate surface area is 186 Å². The number of benzene rings is 1. The minimum absolute atomic E-state index is 0.0769. The number of hydrogen-bond donors (Lipinski definition) is 1. The minimum Gasteiger partial charge on any atom is -0.383 e. The van der Waals surface area contributed by atoms with Crippen LogP contribution in [0.5, 0.6) is 0 Å². The van der Waals surface area contributed by atoms with Gasteiger partial charge in [0.05, 0.1) is 18.0 Å². The van der Waals surface area contributed by atoms with Gasteiger partial charge >= 0.3 is 0 Å². The van der Waals surface area contributed by atoms with E-state index >= 15 is 0 Å². The van der Waals surface area contributed by atoms with Gasteiger partial charge in [-0.05, 0) is 37.1 Å². The van der Waals surface area contributed by atoms with Gasteiger partial charge in [-0.2, -0.15) is 4.31 Å².